The minimum Gasteiger partial charge on any atom is -0.461 e. The molecular weight excluding hydrogens is 767 g/mol. The van der Waals surface area contributed by atoms with Crippen molar-refractivity contribution in [2.75, 3.05) is 6.61 Å². The van der Waals surface area contributed by atoms with E-state index in [2.05, 4.69) is 92.9 Å². The van der Waals surface area contributed by atoms with Gasteiger partial charge in [-0.25, -0.2) is 0 Å². The summed E-state index contributed by atoms with van der Waals surface area (Å²) < 4.78 is 5.86. The van der Waals surface area contributed by atoms with Gasteiger partial charge in [0.15, 0.2) is 0 Å². The van der Waals surface area contributed by atoms with Crippen molar-refractivity contribution in [3.63, 3.8) is 0 Å². The molecule has 0 rings (SSSR count). The average molecular weight is 862 g/mol. The van der Waals surface area contributed by atoms with Gasteiger partial charge in [-0.2, -0.15) is 0 Å². The third-order valence-electron chi connectivity index (χ3n) is 11.0. The van der Waals surface area contributed by atoms with E-state index in [0.717, 1.165) is 83.5 Å². The summed E-state index contributed by atoms with van der Waals surface area (Å²) in [5.41, 5.74) is 0. The van der Waals surface area contributed by atoms with Gasteiger partial charge in [0.2, 0.25) is 5.91 Å². The summed E-state index contributed by atoms with van der Waals surface area (Å²) in [4.78, 5) is 26.1. The molecular formula is C56H95NO5. The topological polar surface area (TPSA) is 95.9 Å². The van der Waals surface area contributed by atoms with Gasteiger partial charge in [-0.3, -0.25) is 9.59 Å². The minimum atomic E-state index is -0.820. The summed E-state index contributed by atoms with van der Waals surface area (Å²) in [7, 11) is 0. The second kappa shape index (κ2) is 48.8. The molecule has 0 aromatic rings. The first kappa shape index (κ1) is 58.8. The maximum Gasteiger partial charge on any atom is 0.306 e. The van der Waals surface area contributed by atoms with Gasteiger partial charge in [0, 0.05) is 12.8 Å². The molecule has 0 fully saturated rings. The van der Waals surface area contributed by atoms with Gasteiger partial charge >= 0.3 is 5.97 Å². The number of hydrogen-bond donors (Lipinski definition) is 3. The van der Waals surface area contributed by atoms with Crippen LogP contribution in [0.2, 0.25) is 0 Å². The van der Waals surface area contributed by atoms with Crippen molar-refractivity contribution < 1.29 is 24.5 Å². The molecule has 0 aliphatic rings. The third-order valence-corrected chi connectivity index (χ3v) is 11.0. The van der Waals surface area contributed by atoms with E-state index in [0.29, 0.717) is 19.3 Å². The van der Waals surface area contributed by atoms with E-state index in [1.54, 1.807) is 0 Å². The minimum absolute atomic E-state index is 0.0133. The second-order valence-electron chi connectivity index (χ2n) is 16.9. The van der Waals surface area contributed by atoms with Crippen LogP contribution in [0.25, 0.3) is 0 Å². The number of carbonyl (C=O) groups excluding carboxylic acids is 2. The number of ether oxygens (including phenoxy) is 1. The molecule has 3 unspecified atom stereocenters. The van der Waals surface area contributed by atoms with E-state index in [4.69, 9.17) is 4.74 Å². The molecule has 6 nitrogen and oxygen atoms in total. The van der Waals surface area contributed by atoms with Crippen molar-refractivity contribution in [1.82, 2.24) is 5.32 Å². The van der Waals surface area contributed by atoms with Gasteiger partial charge in [-0.05, 0) is 64.2 Å². The average Bonchev–Trinajstić information content (AvgIpc) is 3.26. The molecule has 354 valence electrons. The van der Waals surface area contributed by atoms with Gasteiger partial charge in [-0.1, -0.05) is 234 Å². The molecule has 3 N–H and O–H groups in total. The predicted molar refractivity (Wildman–Crippen MR) is 268 cm³/mol. The Bertz CT molecular complexity index is 1240. The number of allylic oxidation sites excluding steroid dienone is 15. The summed E-state index contributed by atoms with van der Waals surface area (Å²) >= 11 is 0. The maximum absolute atomic E-state index is 13.2. The molecule has 62 heavy (non-hydrogen) atoms. The normalized spacial score (nSPS) is 14.1. The van der Waals surface area contributed by atoms with Crippen LogP contribution >= 0.6 is 0 Å². The second-order valence-corrected chi connectivity index (χ2v) is 16.9. The van der Waals surface area contributed by atoms with Crippen molar-refractivity contribution in [3.05, 3.63) is 97.2 Å². The predicted octanol–water partition coefficient (Wildman–Crippen LogP) is 15.3. The van der Waals surface area contributed by atoms with Crippen molar-refractivity contribution >= 4 is 11.9 Å². The van der Waals surface area contributed by atoms with Gasteiger partial charge in [0.05, 0.1) is 25.2 Å². The highest BCUT2D eigenvalue weighted by molar-refractivity contribution is 5.77. The summed E-state index contributed by atoms with van der Waals surface area (Å²) in [6, 6.07) is -0.741. The Morgan fingerprint density at radius 3 is 1.55 bits per heavy atom. The SMILES string of the molecule is CC/C=C/C=C/C=C/C=C\CCCCCCCC(=O)OC(C/C=C\C/C=C\C/C=C\C/C=C\CCCCC)CC(=O)NC(CO)C(O)CCCCCCCCCCCCCCC. The fourth-order valence-corrected chi connectivity index (χ4v) is 7.13. The molecule has 0 aliphatic carbocycles. The Balaban J connectivity index is 4.78. The zero-order valence-corrected chi connectivity index (χ0v) is 40.2. The molecule has 0 saturated heterocycles. The summed E-state index contributed by atoms with van der Waals surface area (Å²) in [6.07, 6.45) is 64.7. The van der Waals surface area contributed by atoms with Crippen LogP contribution in [-0.2, 0) is 14.3 Å². The van der Waals surface area contributed by atoms with E-state index < -0.39 is 18.2 Å². The van der Waals surface area contributed by atoms with Crippen LogP contribution in [0.4, 0.5) is 0 Å². The number of aliphatic hydroxyl groups is 2. The molecule has 1 amide bonds. The van der Waals surface area contributed by atoms with Gasteiger partial charge in [0.25, 0.3) is 0 Å². The number of amides is 1. The van der Waals surface area contributed by atoms with Crippen LogP contribution < -0.4 is 5.32 Å². The molecule has 0 spiro atoms. The van der Waals surface area contributed by atoms with Crippen LogP contribution in [0.15, 0.2) is 97.2 Å². The molecule has 0 aromatic carbocycles. The largest absolute Gasteiger partial charge is 0.461 e. The fraction of sp³-hybridized carbons (Fsp3) is 0.679. The number of esters is 1. The quantitative estimate of drug-likeness (QED) is 0.0245. The number of hydrogen-bond acceptors (Lipinski definition) is 5. The Morgan fingerprint density at radius 2 is 0.968 bits per heavy atom. The summed E-state index contributed by atoms with van der Waals surface area (Å²) in [6.45, 7) is 6.27. The number of carbonyl (C=O) groups is 2. The highest BCUT2D eigenvalue weighted by atomic mass is 16.5. The van der Waals surface area contributed by atoms with Crippen LogP contribution in [0.3, 0.4) is 0 Å². The highest BCUT2D eigenvalue weighted by Gasteiger charge is 2.23. The summed E-state index contributed by atoms with van der Waals surface area (Å²) in [5, 5.41) is 23.7. The number of aliphatic hydroxyl groups excluding tert-OH is 2. The van der Waals surface area contributed by atoms with Gasteiger partial charge in [0.1, 0.15) is 6.10 Å². The lowest BCUT2D eigenvalue weighted by molar-refractivity contribution is -0.150. The van der Waals surface area contributed by atoms with E-state index in [1.807, 2.05) is 30.4 Å². The third kappa shape index (κ3) is 43.4. The van der Waals surface area contributed by atoms with E-state index in [9.17, 15) is 19.8 Å². The maximum atomic E-state index is 13.2. The first-order valence-corrected chi connectivity index (χ1v) is 25.5. The molecule has 3 atom stereocenters. The van der Waals surface area contributed by atoms with E-state index in [1.165, 1.54) is 89.9 Å². The molecule has 0 bridgehead atoms. The van der Waals surface area contributed by atoms with E-state index in [-0.39, 0.29) is 24.9 Å². The first-order chi connectivity index (χ1) is 30.5. The van der Waals surface area contributed by atoms with Crippen molar-refractivity contribution in [2.24, 2.45) is 0 Å². The Morgan fingerprint density at radius 1 is 0.516 bits per heavy atom. The van der Waals surface area contributed by atoms with Crippen LogP contribution in [0.5, 0.6) is 0 Å². The number of rotatable bonds is 44. The smallest absolute Gasteiger partial charge is 0.306 e. The van der Waals surface area contributed by atoms with E-state index >= 15 is 0 Å². The molecule has 0 saturated carbocycles. The Labute approximate surface area is 382 Å². The van der Waals surface area contributed by atoms with Crippen LogP contribution in [-0.4, -0.2) is 46.9 Å². The molecule has 0 aliphatic heterocycles. The zero-order valence-electron chi connectivity index (χ0n) is 40.2. The lowest BCUT2D eigenvalue weighted by Gasteiger charge is -2.24. The Kier molecular flexibility index (Phi) is 46.3. The zero-order chi connectivity index (χ0) is 45.2. The molecule has 0 radical (unpaired) electrons. The number of unbranched alkanes of at least 4 members (excludes halogenated alkanes) is 20. The summed E-state index contributed by atoms with van der Waals surface area (Å²) in [5.74, 6) is -0.610. The monoisotopic (exact) mass is 862 g/mol. The van der Waals surface area contributed by atoms with Gasteiger partial charge < -0.3 is 20.3 Å². The van der Waals surface area contributed by atoms with Crippen molar-refractivity contribution in [2.45, 2.75) is 238 Å². The molecule has 0 aromatic heterocycles. The van der Waals surface area contributed by atoms with Crippen molar-refractivity contribution in [3.8, 4) is 0 Å². The Hall–Kier alpha value is -3.22. The van der Waals surface area contributed by atoms with Gasteiger partial charge in [-0.15, -0.1) is 0 Å². The first-order valence-electron chi connectivity index (χ1n) is 25.5. The molecule has 0 heterocycles. The van der Waals surface area contributed by atoms with Crippen LogP contribution in [0, 0.1) is 0 Å². The fourth-order valence-electron chi connectivity index (χ4n) is 7.13. The lowest BCUT2D eigenvalue weighted by Crippen LogP contribution is -2.46. The lowest BCUT2D eigenvalue weighted by atomic mass is 10.0. The molecule has 6 heteroatoms. The van der Waals surface area contributed by atoms with Crippen LogP contribution in [0.1, 0.15) is 220 Å². The standard InChI is InChI=1S/C56H95NO5/c1-4-7-10-13-16-19-22-25-27-30-32-35-38-41-44-47-52(62-56(61)49-46-43-40-37-34-31-28-26-23-20-17-14-11-8-5-2)50-55(60)57-53(51-58)54(59)48-45-42-39-36-33-29-24-21-18-15-12-9-6-3/h8,11,14,16-17,19-20,23,25-28,32,35,41,44,52-54,58-59H,4-7,9-10,12-13,15,18,21-22,24,29-31,33-34,36-40,42-43,45-51H2,1-3H3,(H,57,60)/b11-8+,17-14+,19-16-,23-20+,27-25-,28-26-,35-32-,44-41-. The van der Waals surface area contributed by atoms with Crippen molar-refractivity contribution in [1.29, 1.82) is 0 Å². The number of nitrogens with one attached hydrogen (secondary N) is 1. The highest BCUT2D eigenvalue weighted by Crippen LogP contribution is 2.16.